The molecule has 0 saturated carbocycles. The third-order valence-electron chi connectivity index (χ3n) is 8.36. The fourth-order valence-corrected chi connectivity index (χ4v) is 6.82. The first-order chi connectivity index (χ1) is 19.4. The lowest BCUT2D eigenvalue weighted by Gasteiger charge is -2.18. The Hall–Kier alpha value is -4.94. The maximum Gasteiger partial charge on any atom is 0.0364 e. The fourth-order valence-electron chi connectivity index (χ4n) is 6.82. The lowest BCUT2D eigenvalue weighted by molar-refractivity contribution is 1.09. The molecule has 0 spiro atoms. The maximum absolute atomic E-state index is 2.33. The Morgan fingerprint density at radius 3 is 1.41 bits per heavy atom. The first-order valence-corrected chi connectivity index (χ1v) is 13.7. The van der Waals surface area contributed by atoms with Gasteiger partial charge in [-0.25, -0.2) is 0 Å². The van der Waals surface area contributed by atoms with Gasteiger partial charge in [0.2, 0.25) is 0 Å². The highest BCUT2D eigenvalue weighted by Gasteiger charge is 2.35. The van der Waals surface area contributed by atoms with Crippen molar-refractivity contribution in [3.63, 3.8) is 0 Å². The highest BCUT2D eigenvalue weighted by atomic mass is 14.4. The molecule has 0 heteroatoms. The van der Waals surface area contributed by atoms with Gasteiger partial charge < -0.3 is 0 Å². The van der Waals surface area contributed by atoms with Gasteiger partial charge in [0.05, 0.1) is 0 Å². The number of fused-ring (bicyclic) bond motifs is 6. The molecule has 0 bridgehead atoms. The Kier molecular flexibility index (Phi) is 5.00. The van der Waals surface area contributed by atoms with Gasteiger partial charge in [-0.1, -0.05) is 152 Å². The van der Waals surface area contributed by atoms with Crippen molar-refractivity contribution in [1.82, 2.24) is 0 Å². The Balaban J connectivity index is 1.59. The zero-order chi connectivity index (χ0) is 25.8. The number of benzene rings is 6. The van der Waals surface area contributed by atoms with Crippen LogP contribution in [0.4, 0.5) is 0 Å². The number of rotatable bonds is 3. The Bertz CT molecular complexity index is 1910. The summed E-state index contributed by atoms with van der Waals surface area (Å²) < 4.78 is 0. The minimum atomic E-state index is 0.175. The second-order valence-electron chi connectivity index (χ2n) is 10.4. The summed E-state index contributed by atoms with van der Waals surface area (Å²) in [6.07, 6.45) is 0. The first kappa shape index (κ1) is 22.1. The van der Waals surface area contributed by atoms with Crippen molar-refractivity contribution in [2.24, 2.45) is 0 Å². The maximum atomic E-state index is 2.33. The van der Waals surface area contributed by atoms with Crippen molar-refractivity contribution in [2.75, 3.05) is 0 Å². The second-order valence-corrected chi connectivity index (χ2v) is 10.4. The zero-order valence-electron chi connectivity index (χ0n) is 21.5. The van der Waals surface area contributed by atoms with Crippen LogP contribution in [0.1, 0.15) is 33.7 Å². The molecule has 182 valence electrons. The molecule has 0 atom stereocenters. The smallest absolute Gasteiger partial charge is 0.0364 e. The van der Waals surface area contributed by atoms with Crippen LogP contribution in [0, 0.1) is 0 Å². The van der Waals surface area contributed by atoms with E-state index in [0.717, 1.165) is 0 Å². The monoisotopic (exact) mass is 494 g/mol. The van der Waals surface area contributed by atoms with Crippen LogP contribution in [-0.2, 0) is 0 Å². The summed E-state index contributed by atoms with van der Waals surface area (Å²) in [5, 5.41) is 2.65. The average Bonchev–Trinajstić information content (AvgIpc) is 3.51. The summed E-state index contributed by atoms with van der Waals surface area (Å²) in [6.45, 7) is 0. The third kappa shape index (κ3) is 3.32. The van der Waals surface area contributed by atoms with Gasteiger partial charge in [-0.2, -0.15) is 0 Å². The van der Waals surface area contributed by atoms with Crippen LogP contribution in [0.15, 0.2) is 152 Å². The van der Waals surface area contributed by atoms with E-state index in [1.807, 2.05) is 0 Å². The van der Waals surface area contributed by atoms with Crippen LogP contribution < -0.4 is 10.4 Å². The van der Waals surface area contributed by atoms with Crippen molar-refractivity contribution in [3.8, 4) is 22.3 Å². The van der Waals surface area contributed by atoms with Gasteiger partial charge >= 0.3 is 0 Å². The van der Waals surface area contributed by atoms with Gasteiger partial charge in [-0.05, 0) is 71.7 Å². The normalized spacial score (nSPS) is 13.0. The van der Waals surface area contributed by atoms with Gasteiger partial charge in [0, 0.05) is 5.92 Å². The van der Waals surface area contributed by atoms with E-state index in [2.05, 4.69) is 152 Å². The molecule has 0 aromatic heterocycles. The van der Waals surface area contributed by atoms with E-state index in [0.29, 0.717) is 0 Å². The van der Waals surface area contributed by atoms with Gasteiger partial charge in [-0.3, -0.25) is 0 Å². The lowest BCUT2D eigenvalue weighted by Crippen LogP contribution is -2.31. The molecule has 0 aliphatic heterocycles. The fraction of sp³-hybridized carbons (Fsp3) is 0.0256. The molecular weight excluding hydrogens is 468 g/mol. The lowest BCUT2D eigenvalue weighted by atomic mass is 9.84. The Morgan fingerprint density at radius 1 is 0.359 bits per heavy atom. The van der Waals surface area contributed by atoms with Crippen LogP contribution in [0.3, 0.4) is 0 Å². The summed E-state index contributed by atoms with van der Waals surface area (Å²) in [7, 11) is 0. The highest BCUT2D eigenvalue weighted by Crippen LogP contribution is 2.52. The number of hydrogen-bond acceptors (Lipinski definition) is 0. The van der Waals surface area contributed by atoms with Crippen molar-refractivity contribution in [3.05, 3.63) is 190 Å². The summed E-state index contributed by atoms with van der Waals surface area (Å²) in [6, 6.07) is 55.5. The van der Waals surface area contributed by atoms with E-state index in [-0.39, 0.29) is 5.92 Å². The molecule has 6 aromatic carbocycles. The molecule has 8 rings (SSSR count). The first-order valence-electron chi connectivity index (χ1n) is 13.7. The van der Waals surface area contributed by atoms with E-state index >= 15 is 0 Å². The van der Waals surface area contributed by atoms with Crippen molar-refractivity contribution in [1.29, 1.82) is 0 Å². The summed E-state index contributed by atoms with van der Waals surface area (Å²) in [4.78, 5) is 0. The molecule has 0 heterocycles. The van der Waals surface area contributed by atoms with E-state index in [4.69, 9.17) is 0 Å². The zero-order valence-corrected chi connectivity index (χ0v) is 21.5. The van der Waals surface area contributed by atoms with E-state index in [1.54, 1.807) is 0 Å². The molecule has 2 aliphatic rings. The molecule has 0 N–H and O–H groups in total. The van der Waals surface area contributed by atoms with E-state index < -0.39 is 0 Å². The minimum Gasteiger partial charge on any atom is -0.0622 e. The van der Waals surface area contributed by atoms with Gasteiger partial charge in [0.15, 0.2) is 0 Å². The molecular formula is C39H26. The summed E-state index contributed by atoms with van der Waals surface area (Å²) in [5.41, 5.74) is 14.6. The molecule has 0 amide bonds. The van der Waals surface area contributed by atoms with Crippen molar-refractivity contribution in [2.45, 2.75) is 5.92 Å². The standard InChI is InChI=1S/C39H26/c1-3-14-26(15-4-1)36(27-16-5-2-6-17-27)35-25-13-24-33-30-20-9-12-23-34(30)39(38(33)35)37-31-21-10-7-18-28(31)29-19-8-11-22-32(29)37/h1-25,37H. The topological polar surface area (TPSA) is 0 Å². The molecule has 2 aliphatic carbocycles. The molecule has 0 saturated heterocycles. The van der Waals surface area contributed by atoms with Gasteiger partial charge in [-0.15, -0.1) is 0 Å². The molecule has 0 unspecified atom stereocenters. The predicted molar refractivity (Wildman–Crippen MR) is 162 cm³/mol. The van der Waals surface area contributed by atoms with Crippen LogP contribution >= 0.6 is 0 Å². The van der Waals surface area contributed by atoms with E-state index in [9.17, 15) is 0 Å². The van der Waals surface area contributed by atoms with E-state index in [1.165, 1.54) is 71.7 Å². The van der Waals surface area contributed by atoms with Crippen LogP contribution in [0.2, 0.25) is 0 Å². The average molecular weight is 495 g/mol. The molecule has 6 aromatic rings. The minimum absolute atomic E-state index is 0.175. The predicted octanol–water partition coefficient (Wildman–Crippen LogP) is 7.93. The second kappa shape index (κ2) is 8.82. The molecule has 0 nitrogen and oxygen atoms in total. The quantitative estimate of drug-likeness (QED) is 0.234. The summed E-state index contributed by atoms with van der Waals surface area (Å²) >= 11 is 0. The molecule has 0 fully saturated rings. The molecule has 0 radical (unpaired) electrons. The van der Waals surface area contributed by atoms with Crippen molar-refractivity contribution < 1.29 is 0 Å². The third-order valence-corrected chi connectivity index (χ3v) is 8.36. The SMILES string of the molecule is c1ccc(C(c2ccccc2)=c2cccc3c2=C(C2c4ccccc4-c4ccccc42)c2ccccc2-3)cc1. The highest BCUT2D eigenvalue weighted by molar-refractivity contribution is 5.97. The Morgan fingerprint density at radius 2 is 0.821 bits per heavy atom. The Labute approximate surface area is 228 Å². The summed E-state index contributed by atoms with van der Waals surface area (Å²) in [5.74, 6) is 0.175. The molecule has 39 heavy (non-hydrogen) atoms. The largest absolute Gasteiger partial charge is 0.0622 e. The number of hydrogen-bond donors (Lipinski definition) is 0. The van der Waals surface area contributed by atoms with Crippen LogP contribution in [0.5, 0.6) is 0 Å². The van der Waals surface area contributed by atoms with Gasteiger partial charge in [0.25, 0.3) is 0 Å². The van der Waals surface area contributed by atoms with Gasteiger partial charge in [0.1, 0.15) is 0 Å². The van der Waals surface area contributed by atoms with Crippen LogP contribution in [0.25, 0.3) is 33.4 Å². The van der Waals surface area contributed by atoms with Crippen molar-refractivity contribution >= 4 is 11.1 Å². The van der Waals surface area contributed by atoms with Crippen LogP contribution in [-0.4, -0.2) is 0 Å².